The van der Waals surface area contributed by atoms with E-state index < -0.39 is 11.9 Å². The average Bonchev–Trinajstić information content (AvgIpc) is 2.90. The minimum absolute atomic E-state index is 0.276. The third kappa shape index (κ3) is 3.92. The van der Waals surface area contributed by atoms with Crippen molar-refractivity contribution >= 4 is 23.3 Å². The van der Waals surface area contributed by atoms with E-state index in [1.54, 1.807) is 5.51 Å². The number of aromatic nitrogens is 1. The van der Waals surface area contributed by atoms with Crippen molar-refractivity contribution in [1.29, 1.82) is 0 Å². The molecule has 1 aliphatic rings. The molecule has 1 aromatic rings. The monoisotopic (exact) mass is 283 g/mol. The molecule has 6 nitrogen and oxygen atoms in total. The summed E-state index contributed by atoms with van der Waals surface area (Å²) < 4.78 is 0. The quantitative estimate of drug-likeness (QED) is 0.782. The van der Waals surface area contributed by atoms with E-state index in [-0.39, 0.29) is 12.1 Å². The molecule has 104 valence electrons. The van der Waals surface area contributed by atoms with Gasteiger partial charge in [0.1, 0.15) is 0 Å². The molecular formula is C12H17N3O3S. The Morgan fingerprint density at radius 2 is 2.21 bits per heavy atom. The van der Waals surface area contributed by atoms with Crippen LogP contribution in [0.2, 0.25) is 0 Å². The zero-order chi connectivity index (χ0) is 13.7. The van der Waals surface area contributed by atoms with Crippen LogP contribution in [0, 0.1) is 5.92 Å². The third-order valence-electron chi connectivity index (χ3n) is 3.31. The standard InChI is InChI=1S/C12H17N3O3S/c16-11(17)9-3-1-2-4-10(9)15-12(18)13-5-8-6-19-7-14-8/h6-7,9-10H,1-5H2,(H,16,17)(H2,13,15,18). The molecular weight excluding hydrogens is 266 g/mol. The van der Waals surface area contributed by atoms with Crippen molar-refractivity contribution in [1.82, 2.24) is 15.6 Å². The van der Waals surface area contributed by atoms with E-state index >= 15 is 0 Å². The van der Waals surface area contributed by atoms with Gasteiger partial charge in [-0.25, -0.2) is 9.78 Å². The summed E-state index contributed by atoms with van der Waals surface area (Å²) in [6, 6.07) is -0.604. The van der Waals surface area contributed by atoms with E-state index in [2.05, 4.69) is 15.6 Å². The Morgan fingerprint density at radius 3 is 2.89 bits per heavy atom. The first-order valence-electron chi connectivity index (χ1n) is 6.31. The molecule has 19 heavy (non-hydrogen) atoms. The van der Waals surface area contributed by atoms with Crippen molar-refractivity contribution in [3.8, 4) is 0 Å². The Morgan fingerprint density at radius 1 is 1.42 bits per heavy atom. The zero-order valence-electron chi connectivity index (χ0n) is 10.5. The highest BCUT2D eigenvalue weighted by molar-refractivity contribution is 7.07. The number of urea groups is 1. The van der Waals surface area contributed by atoms with Crippen LogP contribution in [0.1, 0.15) is 31.4 Å². The molecule has 0 aliphatic heterocycles. The Hall–Kier alpha value is -1.63. The van der Waals surface area contributed by atoms with Crippen LogP contribution in [0.3, 0.4) is 0 Å². The summed E-state index contributed by atoms with van der Waals surface area (Å²) in [5, 5.41) is 16.4. The minimum Gasteiger partial charge on any atom is -0.481 e. The van der Waals surface area contributed by atoms with Gasteiger partial charge >= 0.3 is 12.0 Å². The van der Waals surface area contributed by atoms with Gasteiger partial charge in [-0.3, -0.25) is 4.79 Å². The van der Waals surface area contributed by atoms with Gasteiger partial charge in [0.15, 0.2) is 0 Å². The summed E-state index contributed by atoms with van der Waals surface area (Å²) in [4.78, 5) is 26.9. The molecule has 2 rings (SSSR count). The van der Waals surface area contributed by atoms with Crippen molar-refractivity contribution < 1.29 is 14.7 Å². The molecule has 0 radical (unpaired) electrons. The van der Waals surface area contributed by atoms with Gasteiger partial charge in [-0.05, 0) is 12.8 Å². The van der Waals surface area contributed by atoms with Crippen molar-refractivity contribution in [2.24, 2.45) is 5.92 Å². The molecule has 1 saturated carbocycles. The number of carbonyl (C=O) groups excluding carboxylic acids is 1. The molecule has 0 bridgehead atoms. The zero-order valence-corrected chi connectivity index (χ0v) is 11.3. The lowest BCUT2D eigenvalue weighted by molar-refractivity contribution is -0.143. The highest BCUT2D eigenvalue weighted by atomic mass is 32.1. The SMILES string of the molecule is O=C(NCc1cscn1)NC1CCCCC1C(=O)O. The molecule has 1 aliphatic carbocycles. The van der Waals surface area contributed by atoms with Crippen LogP contribution in [0.5, 0.6) is 0 Å². The normalized spacial score (nSPS) is 22.7. The van der Waals surface area contributed by atoms with E-state index in [0.29, 0.717) is 13.0 Å². The maximum atomic E-state index is 11.7. The number of aliphatic carboxylic acids is 1. The second-order valence-corrected chi connectivity index (χ2v) is 5.36. The fourth-order valence-corrected chi connectivity index (χ4v) is 2.87. The van der Waals surface area contributed by atoms with Gasteiger partial charge < -0.3 is 15.7 Å². The molecule has 3 N–H and O–H groups in total. The molecule has 1 aromatic heterocycles. The molecule has 2 atom stereocenters. The van der Waals surface area contributed by atoms with Crippen LogP contribution in [0.25, 0.3) is 0 Å². The van der Waals surface area contributed by atoms with Gasteiger partial charge in [-0.1, -0.05) is 12.8 Å². The van der Waals surface area contributed by atoms with Crippen molar-refractivity contribution in [2.75, 3.05) is 0 Å². The second kappa shape index (κ2) is 6.51. The van der Waals surface area contributed by atoms with Crippen LogP contribution >= 0.6 is 11.3 Å². The number of carboxylic acid groups (broad SMARTS) is 1. The van der Waals surface area contributed by atoms with Crippen LogP contribution in [-0.2, 0) is 11.3 Å². The molecule has 2 unspecified atom stereocenters. The summed E-state index contributed by atoms with van der Waals surface area (Å²) in [5.74, 6) is -1.30. The van der Waals surface area contributed by atoms with Gasteiger partial charge in [0.05, 0.1) is 23.7 Å². The average molecular weight is 283 g/mol. The fraction of sp³-hybridized carbons (Fsp3) is 0.583. The second-order valence-electron chi connectivity index (χ2n) is 4.64. The Labute approximate surface area is 115 Å². The maximum Gasteiger partial charge on any atom is 0.315 e. The molecule has 0 saturated heterocycles. The lowest BCUT2D eigenvalue weighted by atomic mass is 9.84. The Bertz CT molecular complexity index is 435. The summed E-state index contributed by atoms with van der Waals surface area (Å²) in [6.07, 6.45) is 3.23. The number of thiazole rings is 1. The lowest BCUT2D eigenvalue weighted by Gasteiger charge is -2.29. The number of nitrogens with zero attached hydrogens (tertiary/aromatic N) is 1. The van der Waals surface area contributed by atoms with Crippen LogP contribution < -0.4 is 10.6 Å². The molecule has 1 fully saturated rings. The predicted molar refractivity (Wildman–Crippen MR) is 70.9 cm³/mol. The number of rotatable bonds is 4. The molecule has 2 amide bonds. The fourth-order valence-electron chi connectivity index (χ4n) is 2.31. The molecule has 0 aromatic carbocycles. The van der Waals surface area contributed by atoms with E-state index in [1.807, 2.05) is 5.38 Å². The smallest absolute Gasteiger partial charge is 0.315 e. The van der Waals surface area contributed by atoms with Gasteiger partial charge in [0.25, 0.3) is 0 Å². The van der Waals surface area contributed by atoms with E-state index in [9.17, 15) is 9.59 Å². The van der Waals surface area contributed by atoms with Crippen molar-refractivity contribution in [3.63, 3.8) is 0 Å². The lowest BCUT2D eigenvalue weighted by Crippen LogP contribution is -2.48. The number of carboxylic acids is 1. The largest absolute Gasteiger partial charge is 0.481 e. The Kier molecular flexibility index (Phi) is 4.73. The van der Waals surface area contributed by atoms with Crippen LogP contribution in [-0.4, -0.2) is 28.1 Å². The maximum absolute atomic E-state index is 11.7. The number of hydrogen-bond donors (Lipinski definition) is 3. The van der Waals surface area contributed by atoms with Gasteiger partial charge in [-0.2, -0.15) is 0 Å². The van der Waals surface area contributed by atoms with Gasteiger partial charge in [0.2, 0.25) is 0 Å². The number of hydrogen-bond acceptors (Lipinski definition) is 4. The van der Waals surface area contributed by atoms with Gasteiger partial charge in [-0.15, -0.1) is 11.3 Å². The molecule has 1 heterocycles. The molecule has 0 spiro atoms. The first kappa shape index (κ1) is 13.8. The first-order chi connectivity index (χ1) is 9.16. The predicted octanol–water partition coefficient (Wildman–Crippen LogP) is 1.59. The van der Waals surface area contributed by atoms with Crippen molar-refractivity contribution in [3.05, 3.63) is 16.6 Å². The van der Waals surface area contributed by atoms with E-state index in [1.165, 1.54) is 11.3 Å². The molecule has 7 heteroatoms. The summed E-state index contributed by atoms with van der Waals surface area (Å²) >= 11 is 1.47. The minimum atomic E-state index is -0.829. The highest BCUT2D eigenvalue weighted by Crippen LogP contribution is 2.24. The number of nitrogens with one attached hydrogen (secondary N) is 2. The highest BCUT2D eigenvalue weighted by Gasteiger charge is 2.31. The van der Waals surface area contributed by atoms with Gasteiger partial charge in [0, 0.05) is 11.4 Å². The van der Waals surface area contributed by atoms with Crippen molar-refractivity contribution in [2.45, 2.75) is 38.3 Å². The Balaban J connectivity index is 1.81. The number of amides is 2. The topological polar surface area (TPSA) is 91.3 Å². The summed E-state index contributed by atoms with van der Waals surface area (Å²) in [5.41, 5.74) is 2.51. The van der Waals surface area contributed by atoms with Crippen LogP contribution in [0.15, 0.2) is 10.9 Å². The third-order valence-corrected chi connectivity index (χ3v) is 3.95. The first-order valence-corrected chi connectivity index (χ1v) is 7.25. The van der Waals surface area contributed by atoms with E-state index in [0.717, 1.165) is 25.0 Å². The summed E-state index contributed by atoms with van der Waals surface area (Å²) in [6.45, 7) is 0.361. The van der Waals surface area contributed by atoms with E-state index in [4.69, 9.17) is 5.11 Å². The van der Waals surface area contributed by atoms with Crippen LogP contribution in [0.4, 0.5) is 4.79 Å². The number of carbonyl (C=O) groups is 2. The summed E-state index contributed by atoms with van der Waals surface area (Å²) in [7, 11) is 0.